The zero-order valence-electron chi connectivity index (χ0n) is 17.1. The summed E-state index contributed by atoms with van der Waals surface area (Å²) in [4.78, 5) is 0. The van der Waals surface area contributed by atoms with E-state index in [0.717, 1.165) is 44.5 Å². The van der Waals surface area contributed by atoms with Crippen LogP contribution in [0.25, 0.3) is 21.5 Å². The maximum Gasteiger partial charge on any atom is 0.454 e. The highest BCUT2D eigenvalue weighted by molar-refractivity contribution is 6.66. The lowest BCUT2D eigenvalue weighted by molar-refractivity contribution is 0.400. The van der Waals surface area contributed by atoms with Gasteiger partial charge < -0.3 is 18.3 Å². The van der Waals surface area contributed by atoms with Gasteiger partial charge in [0.05, 0.1) is 14.2 Å². The van der Waals surface area contributed by atoms with Crippen LogP contribution in [0.1, 0.15) is 0 Å². The minimum atomic E-state index is -2.56. The third-order valence-electron chi connectivity index (χ3n) is 4.84. The predicted molar refractivity (Wildman–Crippen MR) is 120 cm³/mol. The Morgan fingerprint density at radius 2 is 0.793 bits per heavy atom. The number of ether oxygens (including phenoxy) is 2. The third-order valence-corrected chi connectivity index (χ3v) is 6.26. The van der Waals surface area contributed by atoms with Crippen molar-refractivity contribution in [2.45, 2.75) is 13.1 Å². The molecule has 5 heteroatoms. The monoisotopic (exact) mass is 404 g/mol. The number of fused-ring (bicyclic) bond motifs is 2. The Kier molecular flexibility index (Phi) is 5.07. The van der Waals surface area contributed by atoms with E-state index < -0.39 is 8.56 Å². The highest BCUT2D eigenvalue weighted by Crippen LogP contribution is 2.37. The Morgan fingerprint density at radius 1 is 0.483 bits per heavy atom. The molecule has 0 aliphatic rings. The number of rotatable bonds is 6. The van der Waals surface area contributed by atoms with Gasteiger partial charge in [0.25, 0.3) is 0 Å². The lowest BCUT2D eigenvalue weighted by atomic mass is 10.1. The van der Waals surface area contributed by atoms with Gasteiger partial charge >= 0.3 is 8.56 Å². The van der Waals surface area contributed by atoms with Crippen molar-refractivity contribution in [2.75, 3.05) is 14.2 Å². The standard InChI is InChI=1S/C24H24O4Si/c1-25-21-13-15-23(19-11-7-5-9-17(19)21)27-29(3,4)28-24-16-14-22(26-2)18-10-6-8-12-20(18)24/h5-16H,1-4H3. The Bertz CT molecular complexity index is 1080. The van der Waals surface area contributed by atoms with Gasteiger partial charge in [0.2, 0.25) is 0 Å². The summed E-state index contributed by atoms with van der Waals surface area (Å²) in [5.41, 5.74) is 0. The fraction of sp³-hybridized carbons (Fsp3) is 0.167. The summed E-state index contributed by atoms with van der Waals surface area (Å²) < 4.78 is 23.9. The molecule has 0 heterocycles. The van der Waals surface area contributed by atoms with Crippen molar-refractivity contribution in [3.63, 3.8) is 0 Å². The molecule has 0 N–H and O–H groups in total. The second-order valence-electron chi connectivity index (χ2n) is 7.23. The molecule has 148 valence electrons. The predicted octanol–water partition coefficient (Wildman–Crippen LogP) is 6.17. The Morgan fingerprint density at radius 3 is 1.14 bits per heavy atom. The summed E-state index contributed by atoms with van der Waals surface area (Å²) in [5.74, 6) is 3.26. The molecule has 0 spiro atoms. The van der Waals surface area contributed by atoms with Crippen molar-refractivity contribution in [2.24, 2.45) is 0 Å². The molecule has 0 bridgehead atoms. The molecule has 0 saturated heterocycles. The van der Waals surface area contributed by atoms with E-state index in [1.165, 1.54) is 0 Å². The number of hydrogen-bond donors (Lipinski definition) is 0. The van der Waals surface area contributed by atoms with E-state index in [9.17, 15) is 0 Å². The van der Waals surface area contributed by atoms with Crippen LogP contribution in [0.3, 0.4) is 0 Å². The van der Waals surface area contributed by atoms with Crippen molar-refractivity contribution in [1.29, 1.82) is 0 Å². The van der Waals surface area contributed by atoms with Crippen LogP contribution in [0.15, 0.2) is 72.8 Å². The Hall–Kier alpha value is -3.18. The lowest BCUT2D eigenvalue weighted by Crippen LogP contribution is -2.41. The van der Waals surface area contributed by atoms with Crippen LogP contribution < -0.4 is 18.3 Å². The van der Waals surface area contributed by atoms with E-state index in [0.29, 0.717) is 0 Å². The smallest absolute Gasteiger partial charge is 0.454 e. The van der Waals surface area contributed by atoms with Crippen LogP contribution in [-0.4, -0.2) is 22.8 Å². The van der Waals surface area contributed by atoms with Crippen LogP contribution in [-0.2, 0) is 0 Å². The molecule has 4 rings (SSSR count). The highest BCUT2D eigenvalue weighted by Gasteiger charge is 2.31. The van der Waals surface area contributed by atoms with Crippen LogP contribution in [0, 0.1) is 0 Å². The van der Waals surface area contributed by atoms with E-state index in [-0.39, 0.29) is 0 Å². The van der Waals surface area contributed by atoms with E-state index in [4.69, 9.17) is 18.3 Å². The minimum absolute atomic E-state index is 0.802. The molecule has 0 saturated carbocycles. The first kappa shape index (κ1) is 19.1. The zero-order valence-corrected chi connectivity index (χ0v) is 18.1. The van der Waals surface area contributed by atoms with Gasteiger partial charge in [0.1, 0.15) is 23.0 Å². The molecule has 0 atom stereocenters. The summed E-state index contributed by atoms with van der Waals surface area (Å²) in [6.45, 7) is 4.09. The minimum Gasteiger partial charge on any atom is -0.512 e. The van der Waals surface area contributed by atoms with Gasteiger partial charge in [0.15, 0.2) is 0 Å². The second kappa shape index (κ2) is 7.68. The van der Waals surface area contributed by atoms with Gasteiger partial charge in [-0.1, -0.05) is 48.5 Å². The molecule has 4 aromatic rings. The second-order valence-corrected chi connectivity index (χ2v) is 10.4. The van der Waals surface area contributed by atoms with E-state index >= 15 is 0 Å². The maximum absolute atomic E-state index is 6.45. The summed E-state index contributed by atoms with van der Waals surface area (Å²) in [7, 11) is 0.803. The molecule has 0 fully saturated rings. The molecule has 29 heavy (non-hydrogen) atoms. The van der Waals surface area contributed by atoms with Gasteiger partial charge in [-0.15, -0.1) is 0 Å². The first-order valence-corrected chi connectivity index (χ1v) is 12.3. The average molecular weight is 405 g/mol. The lowest BCUT2D eigenvalue weighted by Gasteiger charge is -2.26. The quantitative estimate of drug-likeness (QED) is 0.360. The van der Waals surface area contributed by atoms with Crippen molar-refractivity contribution in [1.82, 2.24) is 0 Å². The molecule has 0 aliphatic carbocycles. The van der Waals surface area contributed by atoms with Gasteiger partial charge in [-0.25, -0.2) is 0 Å². The van der Waals surface area contributed by atoms with Gasteiger partial charge in [-0.3, -0.25) is 0 Å². The first-order valence-electron chi connectivity index (χ1n) is 9.52. The maximum atomic E-state index is 6.45. The summed E-state index contributed by atoms with van der Waals surface area (Å²) in [6, 6.07) is 23.9. The van der Waals surface area contributed by atoms with E-state index in [1.807, 2.05) is 85.9 Å². The fourth-order valence-corrected chi connectivity index (χ4v) is 5.03. The van der Waals surface area contributed by atoms with Gasteiger partial charge in [-0.05, 0) is 24.3 Å². The molecule has 0 aromatic heterocycles. The largest absolute Gasteiger partial charge is 0.512 e. The van der Waals surface area contributed by atoms with Crippen molar-refractivity contribution in [3.05, 3.63) is 72.8 Å². The molecule has 4 nitrogen and oxygen atoms in total. The topological polar surface area (TPSA) is 36.9 Å². The van der Waals surface area contributed by atoms with E-state index in [1.54, 1.807) is 14.2 Å². The zero-order chi connectivity index (χ0) is 20.4. The molecule has 0 radical (unpaired) electrons. The summed E-state index contributed by atoms with van der Waals surface area (Å²) in [6.07, 6.45) is 0. The number of benzene rings is 4. The first-order chi connectivity index (χ1) is 14.0. The fourth-order valence-electron chi connectivity index (χ4n) is 3.57. The van der Waals surface area contributed by atoms with Gasteiger partial charge in [0, 0.05) is 34.6 Å². The summed E-state index contributed by atoms with van der Waals surface area (Å²) >= 11 is 0. The Labute approximate surface area is 171 Å². The van der Waals surface area contributed by atoms with Crippen LogP contribution in [0.5, 0.6) is 23.0 Å². The van der Waals surface area contributed by atoms with Crippen LogP contribution in [0.4, 0.5) is 0 Å². The third kappa shape index (κ3) is 3.73. The molecular formula is C24H24O4Si. The highest BCUT2D eigenvalue weighted by atomic mass is 28.4. The SMILES string of the molecule is COc1ccc(O[Si](C)(C)Oc2ccc(OC)c3ccccc23)c2ccccc12. The van der Waals surface area contributed by atoms with Crippen molar-refractivity contribution < 1.29 is 18.3 Å². The normalized spacial score (nSPS) is 11.4. The number of methoxy groups -OCH3 is 2. The Balaban J connectivity index is 1.69. The molecule has 0 aliphatic heterocycles. The van der Waals surface area contributed by atoms with Crippen LogP contribution in [0.2, 0.25) is 13.1 Å². The van der Waals surface area contributed by atoms with Gasteiger partial charge in [-0.2, -0.15) is 0 Å². The van der Waals surface area contributed by atoms with E-state index in [2.05, 4.69) is 0 Å². The molecule has 4 aromatic carbocycles. The molecule has 0 unspecified atom stereocenters. The molecule has 0 amide bonds. The summed E-state index contributed by atoms with van der Waals surface area (Å²) in [5, 5.41) is 4.06. The van der Waals surface area contributed by atoms with Crippen molar-refractivity contribution in [3.8, 4) is 23.0 Å². The average Bonchev–Trinajstić information content (AvgIpc) is 2.74. The van der Waals surface area contributed by atoms with Crippen molar-refractivity contribution >= 4 is 30.1 Å². The van der Waals surface area contributed by atoms with Crippen LogP contribution >= 0.6 is 0 Å². The molecular weight excluding hydrogens is 380 g/mol. The number of hydrogen-bond acceptors (Lipinski definition) is 4.